The van der Waals surface area contributed by atoms with Gasteiger partial charge in [0.25, 0.3) is 6.43 Å². The number of esters is 1. The topological polar surface area (TPSA) is 48.4 Å². The van der Waals surface area contributed by atoms with E-state index in [-0.39, 0.29) is 28.3 Å². The van der Waals surface area contributed by atoms with Crippen LogP contribution in [-0.4, -0.2) is 30.0 Å². The molecule has 1 aromatic carbocycles. The van der Waals surface area contributed by atoms with Gasteiger partial charge in [-0.2, -0.15) is 13.2 Å². The second kappa shape index (κ2) is 9.67. The Labute approximate surface area is 181 Å². The molecular weight excluding hydrogens is 441 g/mol. The van der Waals surface area contributed by atoms with Crippen LogP contribution in [0.5, 0.6) is 5.75 Å². The summed E-state index contributed by atoms with van der Waals surface area (Å²) >= 11 is 5.35. The summed E-state index contributed by atoms with van der Waals surface area (Å²) in [6.07, 6.45) is -8.65. The standard InChI is InChI=1S/C21H20F5NO3S/c1-10(2)8-13-14(20(28)30-4)16(19(22)23)27-18(21(24,25)26)15(13)17(31)11-6-5-7-12(9-11)29-3/h5-7,9-10,19H,8H2,1-4H3. The number of nitrogens with zero attached hydrogens (tertiary/aromatic N) is 1. The Balaban J connectivity index is 3.00. The molecule has 0 saturated carbocycles. The molecule has 2 rings (SSSR count). The molecular formula is C21H20F5NO3S. The lowest BCUT2D eigenvalue weighted by Crippen LogP contribution is -2.25. The quantitative estimate of drug-likeness (QED) is 0.226. The van der Waals surface area contributed by atoms with Crippen molar-refractivity contribution >= 4 is 23.1 Å². The number of aromatic nitrogens is 1. The van der Waals surface area contributed by atoms with Gasteiger partial charge in [0.05, 0.1) is 24.6 Å². The van der Waals surface area contributed by atoms with Crippen LogP contribution < -0.4 is 4.74 Å². The molecule has 10 heteroatoms. The van der Waals surface area contributed by atoms with Crippen molar-refractivity contribution < 1.29 is 36.2 Å². The zero-order valence-electron chi connectivity index (χ0n) is 17.1. The van der Waals surface area contributed by atoms with Gasteiger partial charge in [-0.25, -0.2) is 18.6 Å². The van der Waals surface area contributed by atoms with E-state index in [2.05, 4.69) is 9.72 Å². The van der Waals surface area contributed by atoms with Gasteiger partial charge in [0, 0.05) is 5.56 Å². The van der Waals surface area contributed by atoms with Crippen LogP contribution in [0.15, 0.2) is 24.3 Å². The van der Waals surface area contributed by atoms with Crippen LogP contribution in [0.1, 0.15) is 58.7 Å². The van der Waals surface area contributed by atoms with Gasteiger partial charge in [-0.15, -0.1) is 0 Å². The number of ether oxygens (including phenoxy) is 2. The molecule has 31 heavy (non-hydrogen) atoms. The van der Waals surface area contributed by atoms with Crippen molar-refractivity contribution in [2.24, 2.45) is 5.92 Å². The fourth-order valence-corrected chi connectivity index (χ4v) is 3.46. The summed E-state index contributed by atoms with van der Waals surface area (Å²) in [7, 11) is 2.33. The number of hydrogen-bond donors (Lipinski definition) is 0. The Morgan fingerprint density at radius 2 is 1.81 bits per heavy atom. The van der Waals surface area contributed by atoms with Gasteiger partial charge < -0.3 is 9.47 Å². The van der Waals surface area contributed by atoms with Crippen molar-refractivity contribution in [3.8, 4) is 5.75 Å². The number of rotatable bonds is 7. The summed E-state index contributed by atoms with van der Waals surface area (Å²) in [6, 6.07) is 5.98. The largest absolute Gasteiger partial charge is 0.497 e. The van der Waals surface area contributed by atoms with E-state index in [0.717, 1.165) is 7.11 Å². The number of carbonyl (C=O) groups excluding carboxylic acids is 1. The molecule has 2 aromatic rings. The van der Waals surface area contributed by atoms with E-state index in [0.29, 0.717) is 5.75 Å². The molecule has 0 saturated heterocycles. The van der Waals surface area contributed by atoms with Crippen LogP contribution in [0.25, 0.3) is 0 Å². The molecule has 0 N–H and O–H groups in total. The van der Waals surface area contributed by atoms with Crippen molar-refractivity contribution in [3.05, 3.63) is 57.9 Å². The van der Waals surface area contributed by atoms with Gasteiger partial charge in [-0.1, -0.05) is 38.2 Å². The van der Waals surface area contributed by atoms with Gasteiger partial charge >= 0.3 is 12.1 Å². The van der Waals surface area contributed by atoms with Crippen LogP contribution in [0.4, 0.5) is 22.0 Å². The molecule has 1 heterocycles. The van der Waals surface area contributed by atoms with Gasteiger partial charge in [-0.05, 0) is 35.6 Å². The fourth-order valence-electron chi connectivity index (χ4n) is 3.11. The summed E-state index contributed by atoms with van der Waals surface area (Å²) in [5.41, 5.74) is -4.22. The van der Waals surface area contributed by atoms with Gasteiger partial charge in [0.15, 0.2) is 5.69 Å². The highest BCUT2D eigenvalue weighted by molar-refractivity contribution is 7.81. The van der Waals surface area contributed by atoms with E-state index in [1.807, 2.05) is 0 Å². The first-order valence-electron chi connectivity index (χ1n) is 9.11. The van der Waals surface area contributed by atoms with Crippen molar-refractivity contribution in [2.75, 3.05) is 14.2 Å². The van der Waals surface area contributed by atoms with E-state index in [9.17, 15) is 26.7 Å². The molecule has 0 bridgehead atoms. The number of hydrogen-bond acceptors (Lipinski definition) is 5. The molecule has 0 unspecified atom stereocenters. The summed E-state index contributed by atoms with van der Waals surface area (Å²) in [4.78, 5) is 15.3. The maximum absolute atomic E-state index is 13.9. The Kier molecular flexibility index (Phi) is 7.69. The lowest BCUT2D eigenvalue weighted by molar-refractivity contribution is -0.141. The highest BCUT2D eigenvalue weighted by Crippen LogP contribution is 2.39. The van der Waals surface area contributed by atoms with E-state index in [1.54, 1.807) is 19.9 Å². The molecule has 0 fully saturated rings. The summed E-state index contributed by atoms with van der Waals surface area (Å²) in [6.45, 7) is 3.35. The van der Waals surface area contributed by atoms with Crippen LogP contribution in [-0.2, 0) is 17.3 Å². The van der Waals surface area contributed by atoms with Gasteiger partial charge in [-0.3, -0.25) is 0 Å². The Bertz CT molecular complexity index is 990. The molecule has 0 atom stereocenters. The van der Waals surface area contributed by atoms with E-state index in [4.69, 9.17) is 17.0 Å². The van der Waals surface area contributed by atoms with Crippen LogP contribution in [0.2, 0.25) is 0 Å². The predicted molar refractivity (Wildman–Crippen MR) is 108 cm³/mol. The average molecular weight is 461 g/mol. The Hall–Kier alpha value is -2.62. The number of methoxy groups -OCH3 is 2. The maximum atomic E-state index is 13.9. The second-order valence-electron chi connectivity index (χ2n) is 7.02. The molecule has 0 radical (unpaired) electrons. The molecule has 0 aliphatic rings. The average Bonchev–Trinajstić information content (AvgIpc) is 2.70. The third-order valence-electron chi connectivity index (χ3n) is 4.36. The SMILES string of the molecule is COC(=O)c1c(C(F)F)nc(C(F)(F)F)c(C(=S)c2cccc(OC)c2)c1CC(C)C. The molecule has 0 aliphatic carbocycles. The Morgan fingerprint density at radius 1 is 1.16 bits per heavy atom. The van der Waals surface area contributed by atoms with E-state index < -0.39 is 41.1 Å². The number of halogens is 5. The van der Waals surface area contributed by atoms with Crippen molar-refractivity contribution in [2.45, 2.75) is 32.9 Å². The minimum absolute atomic E-state index is 0.130. The number of thiocarbonyl (C=S) groups is 1. The van der Waals surface area contributed by atoms with Crippen molar-refractivity contribution in [1.29, 1.82) is 0 Å². The van der Waals surface area contributed by atoms with E-state index in [1.165, 1.54) is 25.3 Å². The van der Waals surface area contributed by atoms with Gasteiger partial charge in [0.1, 0.15) is 11.4 Å². The number of pyridine rings is 1. The molecule has 4 nitrogen and oxygen atoms in total. The summed E-state index contributed by atoms with van der Waals surface area (Å²) < 4.78 is 78.9. The third-order valence-corrected chi connectivity index (χ3v) is 4.80. The first kappa shape index (κ1) is 24.6. The first-order chi connectivity index (χ1) is 14.4. The normalized spacial score (nSPS) is 11.7. The maximum Gasteiger partial charge on any atom is 0.434 e. The fraction of sp³-hybridized carbons (Fsp3) is 0.381. The zero-order chi connectivity index (χ0) is 23.5. The Morgan fingerprint density at radius 3 is 2.29 bits per heavy atom. The lowest BCUT2D eigenvalue weighted by atomic mass is 9.88. The zero-order valence-corrected chi connectivity index (χ0v) is 18.0. The third kappa shape index (κ3) is 5.36. The predicted octanol–water partition coefficient (Wildman–Crippen LogP) is 5.80. The molecule has 0 amide bonds. The van der Waals surface area contributed by atoms with E-state index >= 15 is 0 Å². The smallest absolute Gasteiger partial charge is 0.434 e. The van der Waals surface area contributed by atoms with Crippen LogP contribution >= 0.6 is 12.2 Å². The lowest BCUT2D eigenvalue weighted by Gasteiger charge is -2.23. The van der Waals surface area contributed by atoms with Crippen molar-refractivity contribution in [3.63, 3.8) is 0 Å². The highest BCUT2D eigenvalue weighted by atomic mass is 32.1. The van der Waals surface area contributed by atoms with Crippen LogP contribution in [0, 0.1) is 5.92 Å². The molecule has 168 valence electrons. The molecule has 1 aromatic heterocycles. The minimum atomic E-state index is -5.09. The van der Waals surface area contributed by atoms with Gasteiger partial charge in [0.2, 0.25) is 0 Å². The second-order valence-corrected chi connectivity index (χ2v) is 7.43. The highest BCUT2D eigenvalue weighted by Gasteiger charge is 2.41. The summed E-state index contributed by atoms with van der Waals surface area (Å²) in [5, 5.41) is 0. The monoisotopic (exact) mass is 461 g/mol. The number of alkyl halides is 5. The number of carbonyl (C=O) groups is 1. The molecule has 0 aliphatic heterocycles. The first-order valence-corrected chi connectivity index (χ1v) is 9.52. The minimum Gasteiger partial charge on any atom is -0.497 e. The summed E-state index contributed by atoms with van der Waals surface area (Å²) in [5.74, 6) is -1.16. The van der Waals surface area contributed by atoms with Crippen molar-refractivity contribution in [1.82, 2.24) is 4.98 Å². The number of benzene rings is 1. The van der Waals surface area contributed by atoms with Crippen LogP contribution in [0.3, 0.4) is 0 Å². The molecule has 0 spiro atoms.